The largest absolute Gasteiger partial charge is 0.504 e. The fourth-order valence-corrected chi connectivity index (χ4v) is 1.05. The van der Waals surface area contributed by atoms with Crippen molar-refractivity contribution in [3.63, 3.8) is 0 Å². The summed E-state index contributed by atoms with van der Waals surface area (Å²) < 4.78 is 13.3. The molecule has 0 amide bonds. The second-order valence-electron chi connectivity index (χ2n) is 2.80. The van der Waals surface area contributed by atoms with Crippen LogP contribution < -0.4 is 0 Å². The maximum Gasteiger partial charge on any atom is 0.194 e. The van der Waals surface area contributed by atoms with Crippen LogP contribution in [-0.2, 0) is 4.79 Å². The minimum Gasteiger partial charge on any atom is -0.504 e. The topological polar surface area (TPSA) is 90.1 Å². The number of Topliss-reactive ketones (excluding diaryl/α,β-unsaturated/α-hetero) is 1. The number of halogens is 1. The van der Waals surface area contributed by atoms with E-state index in [9.17, 15) is 9.18 Å². The fourth-order valence-electron chi connectivity index (χ4n) is 1.05. The van der Waals surface area contributed by atoms with Gasteiger partial charge in [-0.2, -0.15) is 0 Å². The van der Waals surface area contributed by atoms with Gasteiger partial charge in [0.2, 0.25) is 0 Å². The number of carbonyl (C=O) groups excluding carboxylic acids is 1. The molecule has 15 heavy (non-hydrogen) atoms. The van der Waals surface area contributed by atoms with E-state index in [-0.39, 0.29) is 5.56 Å². The number of rotatable bonds is 2. The first-order valence-electron chi connectivity index (χ1n) is 3.92. The zero-order valence-corrected chi connectivity index (χ0v) is 7.73. The number of phenols is 2. The van der Waals surface area contributed by atoms with E-state index in [4.69, 9.17) is 15.4 Å². The van der Waals surface area contributed by atoms with Crippen molar-refractivity contribution in [1.29, 1.82) is 0 Å². The van der Waals surface area contributed by atoms with Gasteiger partial charge < -0.3 is 15.4 Å². The van der Waals surface area contributed by atoms with Gasteiger partial charge in [0.1, 0.15) is 0 Å². The normalized spacial score (nSPS) is 11.5. The Morgan fingerprint density at radius 3 is 2.47 bits per heavy atom. The molecule has 1 aromatic carbocycles. The highest BCUT2D eigenvalue weighted by atomic mass is 19.1. The summed E-state index contributed by atoms with van der Waals surface area (Å²) in [5.74, 6) is -3.52. The molecule has 0 aliphatic heterocycles. The minimum absolute atomic E-state index is 0.375. The molecule has 0 aromatic heterocycles. The van der Waals surface area contributed by atoms with E-state index in [1.54, 1.807) is 0 Å². The molecule has 0 unspecified atom stereocenters. The van der Waals surface area contributed by atoms with Crippen molar-refractivity contribution in [3.05, 3.63) is 23.5 Å². The third kappa shape index (κ3) is 1.88. The van der Waals surface area contributed by atoms with Gasteiger partial charge in [0.25, 0.3) is 0 Å². The third-order valence-electron chi connectivity index (χ3n) is 1.78. The zero-order valence-electron chi connectivity index (χ0n) is 7.73. The predicted octanol–water partition coefficient (Wildman–Crippen LogP) is 1.00. The van der Waals surface area contributed by atoms with E-state index >= 15 is 0 Å². The lowest BCUT2D eigenvalue weighted by Gasteiger charge is -2.05. The molecule has 80 valence electrons. The van der Waals surface area contributed by atoms with Crippen molar-refractivity contribution in [2.45, 2.75) is 6.92 Å². The van der Waals surface area contributed by atoms with E-state index in [1.165, 1.54) is 0 Å². The molecule has 5 nitrogen and oxygen atoms in total. The number of hydrogen-bond acceptors (Lipinski definition) is 5. The number of ketones is 1. The first-order chi connectivity index (χ1) is 6.99. The van der Waals surface area contributed by atoms with Crippen LogP contribution in [0.15, 0.2) is 17.3 Å². The lowest BCUT2D eigenvalue weighted by atomic mass is 10.1. The summed E-state index contributed by atoms with van der Waals surface area (Å²) in [5, 5.41) is 29.1. The van der Waals surface area contributed by atoms with E-state index in [2.05, 4.69) is 5.16 Å². The van der Waals surface area contributed by atoms with Crippen LogP contribution in [0.1, 0.15) is 12.5 Å². The summed E-state index contributed by atoms with van der Waals surface area (Å²) in [7, 11) is 0. The Morgan fingerprint density at radius 2 is 2.00 bits per heavy atom. The van der Waals surface area contributed by atoms with Crippen LogP contribution in [0.4, 0.5) is 4.39 Å². The van der Waals surface area contributed by atoms with Gasteiger partial charge in [0.05, 0.1) is 0 Å². The Balaban J connectivity index is 3.39. The molecule has 0 aliphatic rings. The number of aromatic hydroxyl groups is 2. The molecule has 1 rings (SSSR count). The second-order valence-corrected chi connectivity index (χ2v) is 2.80. The summed E-state index contributed by atoms with van der Waals surface area (Å²) in [6.07, 6.45) is 0. The summed E-state index contributed by atoms with van der Waals surface area (Å²) in [5.41, 5.74) is -0.900. The van der Waals surface area contributed by atoms with E-state index < -0.39 is 28.8 Å². The first-order valence-corrected chi connectivity index (χ1v) is 3.92. The molecule has 0 bridgehead atoms. The van der Waals surface area contributed by atoms with Gasteiger partial charge in [-0.1, -0.05) is 5.16 Å². The molecule has 0 fully saturated rings. The third-order valence-corrected chi connectivity index (χ3v) is 1.78. The summed E-state index contributed by atoms with van der Waals surface area (Å²) in [6, 6.07) is 2.02. The first kappa shape index (κ1) is 11.0. The van der Waals surface area contributed by atoms with Gasteiger partial charge in [0.15, 0.2) is 28.8 Å². The molecule has 0 saturated heterocycles. The molecular formula is C9H8FNO4. The summed E-state index contributed by atoms with van der Waals surface area (Å²) in [6.45, 7) is 1.08. The van der Waals surface area contributed by atoms with Crippen LogP contribution in [0.25, 0.3) is 0 Å². The molecule has 0 radical (unpaired) electrons. The van der Waals surface area contributed by atoms with Gasteiger partial charge in [-0.25, -0.2) is 4.39 Å². The SMILES string of the molecule is CC(=O)C(=NO)c1ccc(O)c(O)c1F. The predicted molar refractivity (Wildman–Crippen MR) is 48.7 cm³/mol. The van der Waals surface area contributed by atoms with Crippen LogP contribution in [0, 0.1) is 5.82 Å². The molecule has 0 heterocycles. The molecule has 6 heteroatoms. The van der Waals surface area contributed by atoms with Crippen molar-refractivity contribution in [3.8, 4) is 11.5 Å². The standard InChI is InChI=1S/C9H8FNO4/c1-4(12)8(11-15)5-2-3-6(13)9(14)7(5)10/h2-3,13-15H,1H3. The van der Waals surface area contributed by atoms with Gasteiger partial charge in [0, 0.05) is 12.5 Å². The number of benzene rings is 1. The number of phenolic OH excluding ortho intramolecular Hbond substituents is 2. The number of nitrogens with zero attached hydrogens (tertiary/aromatic N) is 1. The van der Waals surface area contributed by atoms with Gasteiger partial charge in [-0.3, -0.25) is 4.79 Å². The Bertz CT molecular complexity index is 442. The van der Waals surface area contributed by atoms with Crippen molar-refractivity contribution in [2.24, 2.45) is 5.16 Å². The molecule has 0 spiro atoms. The fraction of sp³-hybridized carbons (Fsp3) is 0.111. The highest BCUT2D eigenvalue weighted by Crippen LogP contribution is 2.30. The Morgan fingerprint density at radius 1 is 1.40 bits per heavy atom. The van der Waals surface area contributed by atoms with Gasteiger partial charge >= 0.3 is 0 Å². The maximum atomic E-state index is 13.3. The lowest BCUT2D eigenvalue weighted by molar-refractivity contribution is -0.111. The molecule has 0 saturated carbocycles. The van der Waals surface area contributed by atoms with Crippen molar-refractivity contribution >= 4 is 11.5 Å². The smallest absolute Gasteiger partial charge is 0.194 e. The average Bonchev–Trinajstić information content (AvgIpc) is 2.18. The molecule has 1 aromatic rings. The van der Waals surface area contributed by atoms with E-state index in [0.29, 0.717) is 0 Å². The summed E-state index contributed by atoms with van der Waals surface area (Å²) >= 11 is 0. The second kappa shape index (κ2) is 3.95. The van der Waals surface area contributed by atoms with Crippen LogP contribution in [0.3, 0.4) is 0 Å². The maximum absolute atomic E-state index is 13.3. The van der Waals surface area contributed by atoms with E-state index in [0.717, 1.165) is 19.1 Å². The number of carbonyl (C=O) groups is 1. The van der Waals surface area contributed by atoms with Crippen LogP contribution in [-0.4, -0.2) is 26.9 Å². The van der Waals surface area contributed by atoms with E-state index in [1.807, 2.05) is 0 Å². The van der Waals surface area contributed by atoms with Gasteiger partial charge in [-0.15, -0.1) is 0 Å². The monoisotopic (exact) mass is 213 g/mol. The molecule has 3 N–H and O–H groups in total. The van der Waals surface area contributed by atoms with Crippen molar-refractivity contribution in [1.82, 2.24) is 0 Å². The van der Waals surface area contributed by atoms with Crippen LogP contribution in [0.5, 0.6) is 11.5 Å². The highest BCUT2D eigenvalue weighted by molar-refractivity contribution is 6.45. The molecule has 0 atom stereocenters. The highest BCUT2D eigenvalue weighted by Gasteiger charge is 2.19. The van der Waals surface area contributed by atoms with Gasteiger partial charge in [-0.05, 0) is 12.1 Å². The molecular weight excluding hydrogens is 205 g/mol. The van der Waals surface area contributed by atoms with Crippen molar-refractivity contribution in [2.75, 3.05) is 0 Å². The number of hydrogen-bond donors (Lipinski definition) is 3. The van der Waals surface area contributed by atoms with Crippen molar-refractivity contribution < 1.29 is 24.6 Å². The quantitative estimate of drug-likeness (QED) is 0.296. The zero-order chi connectivity index (χ0) is 11.6. The molecule has 0 aliphatic carbocycles. The Hall–Kier alpha value is -2.11. The average molecular weight is 213 g/mol. The minimum atomic E-state index is -1.21. The van der Waals surface area contributed by atoms with Crippen LogP contribution in [0.2, 0.25) is 0 Å². The lowest BCUT2D eigenvalue weighted by Crippen LogP contribution is -2.13. The Kier molecular flexibility index (Phi) is 2.89. The number of oxime groups is 1. The van der Waals surface area contributed by atoms with Crippen LogP contribution >= 0.6 is 0 Å². The Labute approximate surface area is 84.1 Å². The summed E-state index contributed by atoms with van der Waals surface area (Å²) in [4.78, 5) is 10.9.